The second kappa shape index (κ2) is 9.11. The molecule has 0 amide bonds. The van der Waals surface area contributed by atoms with E-state index in [0.29, 0.717) is 28.7 Å². The molecule has 0 fully saturated rings. The Balaban J connectivity index is 1.73. The summed E-state index contributed by atoms with van der Waals surface area (Å²) in [4.78, 5) is 11.7. The molecule has 0 unspecified atom stereocenters. The highest BCUT2D eigenvalue weighted by Gasteiger charge is 2.11. The lowest BCUT2D eigenvalue weighted by Gasteiger charge is -2.08. The van der Waals surface area contributed by atoms with Crippen LogP contribution in [0.5, 0.6) is 11.5 Å². The molecule has 0 aromatic heterocycles. The zero-order valence-electron chi connectivity index (χ0n) is 15.3. The standard InChI is InChI=1S/C23H19ClO4/c1-27-20-11-7-18(8-12-20)22(23(25)26)14-16-5-9-21(10-6-16)28-15-17-3-2-4-19(24)13-17/h2-14H,15H2,1H3,(H,25,26)/b22-14-. The average molecular weight is 395 g/mol. The van der Waals surface area contributed by atoms with Crippen LogP contribution in [0, 0.1) is 0 Å². The van der Waals surface area contributed by atoms with Gasteiger partial charge in [0.25, 0.3) is 0 Å². The maximum absolute atomic E-state index is 11.7. The third-order valence-electron chi connectivity index (χ3n) is 4.12. The van der Waals surface area contributed by atoms with Gasteiger partial charge in [-0.05, 0) is 59.2 Å². The predicted octanol–water partition coefficient (Wildman–Crippen LogP) is 5.55. The van der Waals surface area contributed by atoms with Crippen LogP contribution in [-0.4, -0.2) is 18.2 Å². The summed E-state index contributed by atoms with van der Waals surface area (Å²) in [6.45, 7) is 0.405. The van der Waals surface area contributed by atoms with E-state index < -0.39 is 5.97 Å². The van der Waals surface area contributed by atoms with Crippen molar-refractivity contribution >= 4 is 29.2 Å². The molecular weight excluding hydrogens is 376 g/mol. The summed E-state index contributed by atoms with van der Waals surface area (Å²) in [5.74, 6) is 0.375. The van der Waals surface area contributed by atoms with Crippen LogP contribution in [0.3, 0.4) is 0 Å². The van der Waals surface area contributed by atoms with Crippen molar-refractivity contribution < 1.29 is 19.4 Å². The van der Waals surface area contributed by atoms with Crippen LogP contribution in [0.1, 0.15) is 16.7 Å². The number of carbonyl (C=O) groups is 1. The quantitative estimate of drug-likeness (QED) is 0.421. The van der Waals surface area contributed by atoms with E-state index in [2.05, 4.69) is 0 Å². The largest absolute Gasteiger partial charge is 0.497 e. The van der Waals surface area contributed by atoms with Crippen LogP contribution in [0.2, 0.25) is 5.02 Å². The van der Waals surface area contributed by atoms with Crippen LogP contribution >= 0.6 is 11.6 Å². The lowest BCUT2D eigenvalue weighted by molar-refractivity contribution is -0.130. The van der Waals surface area contributed by atoms with E-state index in [1.165, 1.54) is 0 Å². The number of benzene rings is 3. The number of ether oxygens (including phenoxy) is 2. The molecule has 3 aromatic rings. The Morgan fingerprint density at radius 2 is 1.68 bits per heavy atom. The molecule has 1 N–H and O–H groups in total. The van der Waals surface area contributed by atoms with Gasteiger partial charge in [0, 0.05) is 5.02 Å². The predicted molar refractivity (Wildman–Crippen MR) is 111 cm³/mol. The van der Waals surface area contributed by atoms with Crippen molar-refractivity contribution in [1.29, 1.82) is 0 Å². The Kier molecular flexibility index (Phi) is 6.35. The van der Waals surface area contributed by atoms with Crippen molar-refractivity contribution in [3.05, 3.63) is 94.5 Å². The number of hydrogen-bond donors (Lipinski definition) is 1. The van der Waals surface area contributed by atoms with Crippen molar-refractivity contribution in [3.8, 4) is 11.5 Å². The van der Waals surface area contributed by atoms with Gasteiger partial charge in [0.05, 0.1) is 12.7 Å². The van der Waals surface area contributed by atoms with Gasteiger partial charge in [0.15, 0.2) is 0 Å². The topological polar surface area (TPSA) is 55.8 Å². The lowest BCUT2D eigenvalue weighted by Crippen LogP contribution is -2.00. The number of carboxylic acid groups (broad SMARTS) is 1. The molecule has 0 aliphatic rings. The maximum atomic E-state index is 11.7. The number of hydrogen-bond acceptors (Lipinski definition) is 3. The highest BCUT2D eigenvalue weighted by Crippen LogP contribution is 2.23. The zero-order chi connectivity index (χ0) is 19.9. The highest BCUT2D eigenvalue weighted by molar-refractivity contribution is 6.30. The second-order valence-electron chi connectivity index (χ2n) is 6.08. The molecule has 0 heterocycles. The molecule has 0 bridgehead atoms. The van der Waals surface area contributed by atoms with Crippen LogP contribution in [0.25, 0.3) is 11.6 Å². The van der Waals surface area contributed by atoms with Crippen LogP contribution in [0.4, 0.5) is 0 Å². The van der Waals surface area contributed by atoms with E-state index in [1.54, 1.807) is 37.5 Å². The Morgan fingerprint density at radius 1 is 1.00 bits per heavy atom. The lowest BCUT2D eigenvalue weighted by atomic mass is 10.0. The first-order valence-electron chi connectivity index (χ1n) is 8.62. The summed E-state index contributed by atoms with van der Waals surface area (Å²) >= 11 is 5.97. The summed E-state index contributed by atoms with van der Waals surface area (Å²) in [6.07, 6.45) is 1.63. The Hall–Kier alpha value is -3.24. The Labute approximate surface area is 168 Å². The van der Waals surface area contributed by atoms with Gasteiger partial charge in [-0.3, -0.25) is 0 Å². The second-order valence-corrected chi connectivity index (χ2v) is 6.52. The van der Waals surface area contributed by atoms with Gasteiger partial charge in [0.2, 0.25) is 0 Å². The van der Waals surface area contributed by atoms with E-state index in [9.17, 15) is 9.90 Å². The minimum Gasteiger partial charge on any atom is -0.497 e. The molecule has 3 aromatic carbocycles. The molecule has 0 saturated carbocycles. The third-order valence-corrected chi connectivity index (χ3v) is 4.35. The summed E-state index contributed by atoms with van der Waals surface area (Å²) < 4.78 is 10.9. The molecule has 0 aliphatic heterocycles. The number of rotatable bonds is 7. The molecule has 3 rings (SSSR count). The summed E-state index contributed by atoms with van der Waals surface area (Å²) in [5.41, 5.74) is 2.55. The fourth-order valence-corrected chi connectivity index (χ4v) is 2.87. The van der Waals surface area contributed by atoms with Gasteiger partial charge in [0.1, 0.15) is 18.1 Å². The molecule has 0 saturated heterocycles. The molecule has 0 aliphatic carbocycles. The minimum atomic E-state index is -0.994. The number of halogens is 1. The molecule has 28 heavy (non-hydrogen) atoms. The number of carboxylic acids is 1. The first-order valence-corrected chi connectivity index (χ1v) is 8.99. The fourth-order valence-electron chi connectivity index (χ4n) is 2.66. The minimum absolute atomic E-state index is 0.204. The smallest absolute Gasteiger partial charge is 0.336 e. The molecule has 0 radical (unpaired) electrons. The molecule has 0 atom stereocenters. The van der Waals surface area contributed by atoms with Gasteiger partial charge < -0.3 is 14.6 Å². The first kappa shape index (κ1) is 19.5. The van der Waals surface area contributed by atoms with E-state index >= 15 is 0 Å². The zero-order valence-corrected chi connectivity index (χ0v) is 16.0. The van der Waals surface area contributed by atoms with E-state index in [4.69, 9.17) is 21.1 Å². The van der Waals surface area contributed by atoms with Gasteiger partial charge in [-0.15, -0.1) is 0 Å². The normalized spacial score (nSPS) is 11.1. The van der Waals surface area contributed by atoms with Crippen LogP contribution in [-0.2, 0) is 11.4 Å². The SMILES string of the molecule is COc1ccc(/C(=C/c2ccc(OCc3cccc(Cl)c3)cc2)C(=O)O)cc1. The van der Waals surface area contributed by atoms with Gasteiger partial charge in [-0.1, -0.05) is 48.0 Å². The molecule has 0 spiro atoms. The molecule has 142 valence electrons. The highest BCUT2D eigenvalue weighted by atomic mass is 35.5. The van der Waals surface area contributed by atoms with Crippen molar-refractivity contribution in [2.24, 2.45) is 0 Å². The Bertz CT molecular complexity index is 976. The van der Waals surface area contributed by atoms with Gasteiger partial charge in [-0.25, -0.2) is 4.79 Å². The fraction of sp³-hybridized carbons (Fsp3) is 0.0870. The van der Waals surface area contributed by atoms with E-state index in [0.717, 1.165) is 11.1 Å². The average Bonchev–Trinajstić information content (AvgIpc) is 2.71. The molecular formula is C23H19ClO4. The maximum Gasteiger partial charge on any atom is 0.336 e. The van der Waals surface area contributed by atoms with Crippen molar-refractivity contribution in [2.75, 3.05) is 7.11 Å². The van der Waals surface area contributed by atoms with Crippen molar-refractivity contribution in [2.45, 2.75) is 6.61 Å². The van der Waals surface area contributed by atoms with E-state index in [-0.39, 0.29) is 5.57 Å². The number of methoxy groups -OCH3 is 1. The molecule has 5 heteroatoms. The van der Waals surface area contributed by atoms with Crippen LogP contribution < -0.4 is 9.47 Å². The van der Waals surface area contributed by atoms with Crippen molar-refractivity contribution in [3.63, 3.8) is 0 Å². The first-order chi connectivity index (χ1) is 13.5. The summed E-state index contributed by atoms with van der Waals surface area (Å²) in [6, 6.07) is 21.7. The van der Waals surface area contributed by atoms with Gasteiger partial charge in [-0.2, -0.15) is 0 Å². The van der Waals surface area contributed by atoms with Gasteiger partial charge >= 0.3 is 5.97 Å². The summed E-state index contributed by atoms with van der Waals surface area (Å²) in [7, 11) is 1.57. The summed E-state index contributed by atoms with van der Waals surface area (Å²) in [5, 5.41) is 10.2. The van der Waals surface area contributed by atoms with Crippen molar-refractivity contribution in [1.82, 2.24) is 0 Å². The number of aliphatic carboxylic acids is 1. The third kappa shape index (κ3) is 5.15. The monoisotopic (exact) mass is 394 g/mol. The van der Waals surface area contributed by atoms with Crippen LogP contribution in [0.15, 0.2) is 72.8 Å². The molecule has 4 nitrogen and oxygen atoms in total. The van der Waals surface area contributed by atoms with E-state index in [1.807, 2.05) is 48.5 Å². The Morgan fingerprint density at radius 3 is 2.29 bits per heavy atom.